The third-order valence-electron chi connectivity index (χ3n) is 6.50. The standard InChI is InChI=1S/C30H26BrNO4/c1-4-35-30(34)25-18(3)32-28-21-10-5-6-11-22(21)29(33)27(28)26(25)23-15-20(31)12-13-24(23)36-16-19-9-7-8-17(2)14-19/h5-15,26,32H,4,16H2,1-3H3/t26-/m1/s1. The fourth-order valence-corrected chi connectivity index (χ4v) is 5.34. The molecule has 0 bridgehead atoms. The van der Waals surface area contributed by atoms with Gasteiger partial charge < -0.3 is 14.8 Å². The fourth-order valence-electron chi connectivity index (χ4n) is 4.96. The molecule has 0 aromatic heterocycles. The highest BCUT2D eigenvalue weighted by Gasteiger charge is 2.44. The van der Waals surface area contributed by atoms with E-state index in [1.807, 2.05) is 74.5 Å². The van der Waals surface area contributed by atoms with E-state index in [4.69, 9.17) is 9.47 Å². The summed E-state index contributed by atoms with van der Waals surface area (Å²) in [5, 5.41) is 3.34. The number of nitrogens with one attached hydrogen (secondary N) is 1. The van der Waals surface area contributed by atoms with E-state index >= 15 is 0 Å². The summed E-state index contributed by atoms with van der Waals surface area (Å²) < 4.78 is 12.6. The summed E-state index contributed by atoms with van der Waals surface area (Å²) in [6, 6.07) is 21.4. The van der Waals surface area contributed by atoms with E-state index in [2.05, 4.69) is 27.3 Å². The maximum atomic E-state index is 13.7. The molecule has 5 nitrogen and oxygen atoms in total. The molecule has 6 heteroatoms. The normalized spacial score (nSPS) is 16.4. The summed E-state index contributed by atoms with van der Waals surface area (Å²) in [5.74, 6) is -0.591. The van der Waals surface area contributed by atoms with Crippen molar-refractivity contribution in [3.63, 3.8) is 0 Å². The first-order valence-corrected chi connectivity index (χ1v) is 12.7. The van der Waals surface area contributed by atoms with Gasteiger partial charge in [0.1, 0.15) is 12.4 Å². The molecule has 1 heterocycles. The van der Waals surface area contributed by atoms with Crippen LogP contribution in [-0.2, 0) is 16.1 Å². The summed E-state index contributed by atoms with van der Waals surface area (Å²) in [6.45, 7) is 6.26. The minimum absolute atomic E-state index is 0.1000. The summed E-state index contributed by atoms with van der Waals surface area (Å²) in [5.41, 5.74) is 6.71. The van der Waals surface area contributed by atoms with Gasteiger partial charge in [0.25, 0.3) is 0 Å². The Kier molecular flexibility index (Phi) is 6.54. The number of hydrogen-bond donors (Lipinski definition) is 1. The van der Waals surface area contributed by atoms with Crippen LogP contribution in [0, 0.1) is 6.92 Å². The van der Waals surface area contributed by atoms with Gasteiger partial charge in [0.2, 0.25) is 0 Å². The van der Waals surface area contributed by atoms with Crippen LogP contribution in [0.25, 0.3) is 5.70 Å². The van der Waals surface area contributed by atoms with Gasteiger partial charge in [0, 0.05) is 32.4 Å². The average molecular weight is 544 g/mol. The summed E-state index contributed by atoms with van der Waals surface area (Å²) >= 11 is 3.58. The molecule has 36 heavy (non-hydrogen) atoms. The van der Waals surface area contributed by atoms with Crippen molar-refractivity contribution in [1.29, 1.82) is 0 Å². The first-order chi connectivity index (χ1) is 17.4. The molecule has 3 aromatic carbocycles. The zero-order chi connectivity index (χ0) is 25.4. The number of carbonyl (C=O) groups excluding carboxylic acids is 2. The second-order valence-electron chi connectivity index (χ2n) is 8.94. The zero-order valence-electron chi connectivity index (χ0n) is 20.4. The molecule has 0 amide bonds. The Bertz CT molecular complexity index is 1450. The van der Waals surface area contributed by atoms with Gasteiger partial charge in [0.05, 0.1) is 23.8 Å². The van der Waals surface area contributed by atoms with Crippen molar-refractivity contribution >= 4 is 33.4 Å². The van der Waals surface area contributed by atoms with E-state index in [9.17, 15) is 9.59 Å². The van der Waals surface area contributed by atoms with E-state index in [1.54, 1.807) is 6.92 Å². The number of hydrogen-bond acceptors (Lipinski definition) is 5. The van der Waals surface area contributed by atoms with Gasteiger partial charge in [-0.05, 0) is 44.5 Å². The summed E-state index contributed by atoms with van der Waals surface area (Å²) in [6.07, 6.45) is 0. The predicted octanol–water partition coefficient (Wildman–Crippen LogP) is 6.47. The Hall–Kier alpha value is -3.64. The molecule has 0 radical (unpaired) electrons. The highest BCUT2D eigenvalue weighted by atomic mass is 79.9. The van der Waals surface area contributed by atoms with Crippen LogP contribution in [0.15, 0.2) is 88.0 Å². The lowest BCUT2D eigenvalue weighted by atomic mass is 9.79. The van der Waals surface area contributed by atoms with Gasteiger partial charge in [0.15, 0.2) is 5.78 Å². The van der Waals surface area contributed by atoms with E-state index in [0.717, 1.165) is 32.4 Å². The van der Waals surface area contributed by atoms with E-state index < -0.39 is 11.9 Å². The first kappa shape index (κ1) is 24.1. The Morgan fingerprint density at radius 3 is 2.53 bits per heavy atom. The molecule has 1 aliphatic heterocycles. The minimum atomic E-state index is -0.648. The Labute approximate surface area is 219 Å². The topological polar surface area (TPSA) is 64.6 Å². The molecule has 0 saturated heterocycles. The van der Waals surface area contributed by atoms with E-state index in [1.165, 1.54) is 0 Å². The van der Waals surface area contributed by atoms with Crippen LogP contribution in [-0.4, -0.2) is 18.4 Å². The third kappa shape index (κ3) is 4.26. The van der Waals surface area contributed by atoms with Crippen molar-refractivity contribution in [3.05, 3.63) is 116 Å². The van der Waals surface area contributed by atoms with E-state index in [-0.39, 0.29) is 12.4 Å². The minimum Gasteiger partial charge on any atom is -0.489 e. The number of benzene rings is 3. The number of ether oxygens (including phenoxy) is 2. The van der Waals surface area contributed by atoms with Crippen molar-refractivity contribution in [3.8, 4) is 5.75 Å². The number of ketones is 1. The van der Waals surface area contributed by atoms with Crippen molar-refractivity contribution in [1.82, 2.24) is 5.32 Å². The van der Waals surface area contributed by atoms with Crippen molar-refractivity contribution < 1.29 is 19.1 Å². The van der Waals surface area contributed by atoms with Crippen LogP contribution in [0.3, 0.4) is 0 Å². The van der Waals surface area contributed by atoms with Crippen molar-refractivity contribution in [2.24, 2.45) is 0 Å². The Morgan fingerprint density at radius 1 is 1.00 bits per heavy atom. The molecule has 0 unspecified atom stereocenters. The fraction of sp³-hybridized carbons (Fsp3) is 0.200. The lowest BCUT2D eigenvalue weighted by Crippen LogP contribution is -2.29. The number of aryl methyl sites for hydroxylation is 1. The number of fused-ring (bicyclic) bond motifs is 2. The van der Waals surface area contributed by atoms with Crippen LogP contribution in [0.1, 0.15) is 52.4 Å². The average Bonchev–Trinajstić information content (AvgIpc) is 3.14. The van der Waals surface area contributed by atoms with Gasteiger partial charge in [-0.2, -0.15) is 0 Å². The highest BCUT2D eigenvalue weighted by molar-refractivity contribution is 9.10. The number of halogens is 1. The van der Waals surface area contributed by atoms with Gasteiger partial charge in [-0.15, -0.1) is 0 Å². The molecule has 182 valence electrons. The molecule has 1 aliphatic carbocycles. The molecule has 0 spiro atoms. The summed E-state index contributed by atoms with van der Waals surface area (Å²) in [4.78, 5) is 27.0. The highest BCUT2D eigenvalue weighted by Crippen LogP contribution is 2.49. The van der Waals surface area contributed by atoms with Crippen LogP contribution in [0.2, 0.25) is 0 Å². The molecular formula is C30H26BrNO4. The lowest BCUT2D eigenvalue weighted by Gasteiger charge is -2.30. The molecule has 1 atom stereocenters. The zero-order valence-corrected chi connectivity index (χ0v) is 21.9. The number of dihydropyridines is 1. The predicted molar refractivity (Wildman–Crippen MR) is 143 cm³/mol. The van der Waals surface area contributed by atoms with Gasteiger partial charge in [-0.25, -0.2) is 4.79 Å². The number of allylic oxidation sites excluding steroid dienone is 2. The van der Waals surface area contributed by atoms with Gasteiger partial charge in [-0.3, -0.25) is 4.79 Å². The molecule has 2 aliphatic rings. The third-order valence-corrected chi connectivity index (χ3v) is 7.00. The SMILES string of the molecule is CCOC(=O)C1=C(C)NC2=C(C(=O)c3ccccc32)[C@@H]1c1cc(Br)ccc1OCc1cccc(C)c1. The van der Waals surface area contributed by atoms with Crippen LogP contribution >= 0.6 is 15.9 Å². The maximum absolute atomic E-state index is 13.7. The molecule has 5 rings (SSSR count). The second kappa shape index (κ2) is 9.78. The lowest BCUT2D eigenvalue weighted by molar-refractivity contribution is -0.138. The summed E-state index contributed by atoms with van der Waals surface area (Å²) in [7, 11) is 0. The van der Waals surface area contributed by atoms with Crippen LogP contribution in [0.4, 0.5) is 0 Å². The molecule has 0 fully saturated rings. The second-order valence-corrected chi connectivity index (χ2v) is 9.86. The smallest absolute Gasteiger partial charge is 0.336 e. The first-order valence-electron chi connectivity index (χ1n) is 11.9. The number of esters is 1. The van der Waals surface area contributed by atoms with E-state index in [0.29, 0.717) is 34.8 Å². The molecule has 3 aromatic rings. The number of Topliss-reactive ketones (excluding diaryl/α,β-unsaturated/α-hetero) is 1. The monoisotopic (exact) mass is 543 g/mol. The Morgan fingerprint density at radius 2 is 1.78 bits per heavy atom. The van der Waals surface area contributed by atoms with Crippen LogP contribution in [0.5, 0.6) is 5.75 Å². The molecule has 1 N–H and O–H groups in total. The van der Waals surface area contributed by atoms with Crippen LogP contribution < -0.4 is 10.1 Å². The largest absolute Gasteiger partial charge is 0.489 e. The van der Waals surface area contributed by atoms with Crippen molar-refractivity contribution in [2.45, 2.75) is 33.3 Å². The quantitative estimate of drug-likeness (QED) is 0.361. The number of rotatable bonds is 6. The van der Waals surface area contributed by atoms with Gasteiger partial charge >= 0.3 is 5.97 Å². The van der Waals surface area contributed by atoms with Gasteiger partial charge in [-0.1, -0.05) is 70.0 Å². The number of carbonyl (C=O) groups is 2. The molecule has 0 saturated carbocycles. The molecular weight excluding hydrogens is 518 g/mol. The Balaban J connectivity index is 1.65. The maximum Gasteiger partial charge on any atom is 0.336 e. The van der Waals surface area contributed by atoms with Crippen molar-refractivity contribution in [2.75, 3.05) is 6.61 Å².